The van der Waals surface area contributed by atoms with Gasteiger partial charge in [-0.05, 0) is 11.1 Å². The van der Waals surface area contributed by atoms with E-state index in [0.29, 0.717) is 19.6 Å². The van der Waals surface area contributed by atoms with Gasteiger partial charge in [0.25, 0.3) is 0 Å². The van der Waals surface area contributed by atoms with E-state index in [9.17, 15) is 5.11 Å². The minimum absolute atomic E-state index is 0.285. The lowest BCUT2D eigenvalue weighted by atomic mass is 9.91. The Morgan fingerprint density at radius 3 is 2.21 bits per heavy atom. The standard InChI is InChI=1S/C23H28O5/c1-3-14-23(24)21(27-16-19-12-8-5-9-13-19)20(28-22(23)25-2)17-26-15-18-10-6-4-7-11-18/h3-13,20-22,24H,1,14-17H2,2H3/t20-,21-,22+,23-/m1/s1. The molecule has 1 aliphatic heterocycles. The summed E-state index contributed by atoms with van der Waals surface area (Å²) in [6.07, 6.45) is 0.0760. The van der Waals surface area contributed by atoms with Crippen LogP contribution in [-0.2, 0) is 32.2 Å². The van der Waals surface area contributed by atoms with Crippen LogP contribution in [0.4, 0.5) is 0 Å². The number of rotatable bonds is 10. The Bertz CT molecular complexity index is 720. The van der Waals surface area contributed by atoms with Crippen molar-refractivity contribution >= 4 is 0 Å². The predicted molar refractivity (Wildman–Crippen MR) is 107 cm³/mol. The van der Waals surface area contributed by atoms with Gasteiger partial charge in [0.05, 0.1) is 19.8 Å². The van der Waals surface area contributed by atoms with Gasteiger partial charge in [0.2, 0.25) is 0 Å². The zero-order chi connectivity index (χ0) is 19.8. The highest BCUT2D eigenvalue weighted by Gasteiger charge is 2.56. The zero-order valence-corrected chi connectivity index (χ0v) is 16.2. The van der Waals surface area contributed by atoms with Crippen molar-refractivity contribution in [2.75, 3.05) is 13.7 Å². The van der Waals surface area contributed by atoms with Crippen LogP contribution < -0.4 is 0 Å². The maximum Gasteiger partial charge on any atom is 0.189 e. The van der Waals surface area contributed by atoms with Gasteiger partial charge in [-0.3, -0.25) is 0 Å². The minimum Gasteiger partial charge on any atom is -0.381 e. The average molecular weight is 384 g/mol. The third-order valence-corrected chi connectivity index (χ3v) is 4.89. The lowest BCUT2D eigenvalue weighted by molar-refractivity contribution is -0.196. The third-order valence-electron chi connectivity index (χ3n) is 4.89. The molecule has 0 unspecified atom stereocenters. The van der Waals surface area contributed by atoms with Crippen molar-refractivity contribution in [1.29, 1.82) is 0 Å². The summed E-state index contributed by atoms with van der Waals surface area (Å²) in [4.78, 5) is 0. The van der Waals surface area contributed by atoms with Crippen LogP contribution in [0.3, 0.4) is 0 Å². The Balaban J connectivity index is 1.68. The molecule has 0 bridgehead atoms. The largest absolute Gasteiger partial charge is 0.381 e. The fourth-order valence-electron chi connectivity index (χ4n) is 3.51. The van der Waals surface area contributed by atoms with Gasteiger partial charge in [-0.25, -0.2) is 0 Å². The van der Waals surface area contributed by atoms with Gasteiger partial charge < -0.3 is 24.1 Å². The first kappa shape index (κ1) is 20.7. The molecule has 150 valence electrons. The number of methoxy groups -OCH3 is 1. The topological polar surface area (TPSA) is 57.2 Å². The van der Waals surface area contributed by atoms with Crippen LogP contribution in [0, 0.1) is 0 Å². The number of hydrogen-bond donors (Lipinski definition) is 1. The van der Waals surface area contributed by atoms with Gasteiger partial charge in [0.1, 0.15) is 17.8 Å². The maximum atomic E-state index is 11.3. The number of ether oxygens (including phenoxy) is 4. The lowest BCUT2D eigenvalue weighted by Gasteiger charge is -2.32. The lowest BCUT2D eigenvalue weighted by Crippen LogP contribution is -2.50. The van der Waals surface area contributed by atoms with Gasteiger partial charge in [-0.1, -0.05) is 66.7 Å². The first-order valence-corrected chi connectivity index (χ1v) is 9.46. The van der Waals surface area contributed by atoms with Crippen LogP contribution in [-0.4, -0.2) is 42.9 Å². The molecule has 2 aromatic carbocycles. The summed E-state index contributed by atoms with van der Waals surface area (Å²) in [7, 11) is 1.51. The molecule has 1 N–H and O–H groups in total. The molecule has 0 saturated carbocycles. The van der Waals surface area contributed by atoms with Crippen LogP contribution >= 0.6 is 0 Å². The van der Waals surface area contributed by atoms with E-state index in [-0.39, 0.29) is 6.61 Å². The summed E-state index contributed by atoms with van der Waals surface area (Å²) < 4.78 is 23.3. The molecule has 5 nitrogen and oxygen atoms in total. The van der Waals surface area contributed by atoms with E-state index >= 15 is 0 Å². The third kappa shape index (κ3) is 4.87. The Morgan fingerprint density at radius 2 is 1.64 bits per heavy atom. The molecule has 0 radical (unpaired) electrons. The molecule has 1 heterocycles. The van der Waals surface area contributed by atoms with Crippen molar-refractivity contribution in [3.8, 4) is 0 Å². The van der Waals surface area contributed by atoms with Gasteiger partial charge in [-0.15, -0.1) is 6.58 Å². The van der Waals surface area contributed by atoms with Crippen LogP contribution in [0.2, 0.25) is 0 Å². The smallest absolute Gasteiger partial charge is 0.189 e. The molecule has 0 aliphatic carbocycles. The summed E-state index contributed by atoms with van der Waals surface area (Å²) in [5.74, 6) is 0. The average Bonchev–Trinajstić information content (AvgIpc) is 2.99. The predicted octanol–water partition coefficient (Wildman–Crippen LogP) is 3.47. The fraction of sp³-hybridized carbons (Fsp3) is 0.391. The van der Waals surface area contributed by atoms with E-state index in [1.165, 1.54) is 7.11 Å². The molecular weight excluding hydrogens is 356 g/mol. The number of aliphatic hydroxyl groups is 1. The molecular formula is C23H28O5. The van der Waals surface area contributed by atoms with Gasteiger partial charge in [0, 0.05) is 13.5 Å². The summed E-state index contributed by atoms with van der Waals surface area (Å²) in [5.41, 5.74) is 0.770. The van der Waals surface area contributed by atoms with Crippen molar-refractivity contribution in [2.45, 2.75) is 43.7 Å². The van der Waals surface area contributed by atoms with E-state index in [1.807, 2.05) is 60.7 Å². The van der Waals surface area contributed by atoms with E-state index < -0.39 is 24.1 Å². The molecule has 1 fully saturated rings. The molecule has 1 aliphatic rings. The Hall–Kier alpha value is -2.02. The van der Waals surface area contributed by atoms with Crippen molar-refractivity contribution in [2.24, 2.45) is 0 Å². The van der Waals surface area contributed by atoms with Gasteiger partial charge >= 0.3 is 0 Å². The molecule has 3 rings (SSSR count). The summed E-state index contributed by atoms with van der Waals surface area (Å²) >= 11 is 0. The maximum absolute atomic E-state index is 11.3. The highest BCUT2D eigenvalue weighted by molar-refractivity contribution is 5.15. The number of hydrogen-bond acceptors (Lipinski definition) is 5. The molecule has 28 heavy (non-hydrogen) atoms. The van der Waals surface area contributed by atoms with Gasteiger partial charge in [-0.2, -0.15) is 0 Å². The summed E-state index contributed by atoms with van der Waals surface area (Å²) in [6.45, 7) is 4.87. The first-order chi connectivity index (χ1) is 13.7. The van der Waals surface area contributed by atoms with Crippen molar-refractivity contribution in [3.05, 3.63) is 84.4 Å². The molecule has 2 aromatic rings. The normalized spacial score (nSPS) is 27.0. The van der Waals surface area contributed by atoms with Crippen molar-refractivity contribution in [3.63, 3.8) is 0 Å². The fourth-order valence-corrected chi connectivity index (χ4v) is 3.51. The Labute approximate surface area is 166 Å². The quantitative estimate of drug-likeness (QED) is 0.636. The summed E-state index contributed by atoms with van der Waals surface area (Å²) in [5, 5.41) is 11.3. The van der Waals surface area contributed by atoms with E-state index in [0.717, 1.165) is 11.1 Å². The van der Waals surface area contributed by atoms with E-state index in [1.54, 1.807) is 6.08 Å². The second kappa shape index (κ2) is 9.96. The highest BCUT2D eigenvalue weighted by atomic mass is 16.7. The molecule has 0 spiro atoms. The Kier molecular flexibility index (Phi) is 7.36. The minimum atomic E-state index is -1.33. The highest BCUT2D eigenvalue weighted by Crippen LogP contribution is 2.37. The molecule has 1 saturated heterocycles. The van der Waals surface area contributed by atoms with Crippen LogP contribution in [0.5, 0.6) is 0 Å². The molecule has 0 amide bonds. The second-order valence-electron chi connectivity index (χ2n) is 6.94. The van der Waals surface area contributed by atoms with Crippen LogP contribution in [0.15, 0.2) is 73.3 Å². The molecule has 4 atom stereocenters. The zero-order valence-electron chi connectivity index (χ0n) is 16.2. The van der Waals surface area contributed by atoms with E-state index in [2.05, 4.69) is 6.58 Å². The van der Waals surface area contributed by atoms with Crippen molar-refractivity contribution < 1.29 is 24.1 Å². The second-order valence-corrected chi connectivity index (χ2v) is 6.94. The SMILES string of the molecule is C=CC[C@]1(O)[C@@H](OC)O[C@H](COCc2ccccc2)[C@H]1OCc1ccccc1. The summed E-state index contributed by atoms with van der Waals surface area (Å²) in [6, 6.07) is 19.8. The Morgan fingerprint density at radius 1 is 1.04 bits per heavy atom. The monoisotopic (exact) mass is 384 g/mol. The molecule has 5 heteroatoms. The van der Waals surface area contributed by atoms with Crippen molar-refractivity contribution in [1.82, 2.24) is 0 Å². The molecule has 0 aromatic heterocycles. The van der Waals surface area contributed by atoms with Crippen LogP contribution in [0.1, 0.15) is 17.5 Å². The first-order valence-electron chi connectivity index (χ1n) is 9.46. The number of benzene rings is 2. The van der Waals surface area contributed by atoms with Gasteiger partial charge in [0.15, 0.2) is 6.29 Å². The van der Waals surface area contributed by atoms with Crippen LogP contribution in [0.25, 0.3) is 0 Å². The van der Waals surface area contributed by atoms with E-state index in [4.69, 9.17) is 18.9 Å².